The van der Waals surface area contributed by atoms with Gasteiger partial charge < -0.3 is 3.07 Å². The zero-order valence-corrected chi connectivity index (χ0v) is 12.8. The quantitative estimate of drug-likeness (QED) is 0.502. The molecule has 0 spiro atoms. The van der Waals surface area contributed by atoms with Crippen molar-refractivity contribution in [2.45, 2.75) is 39.2 Å². The Morgan fingerprint density at radius 2 is 2.00 bits per heavy atom. The molecule has 2 heteroatoms. The molecule has 2 unspecified atom stereocenters. The van der Waals surface area contributed by atoms with Gasteiger partial charge in [0, 0.05) is 5.92 Å². The van der Waals surface area contributed by atoms with E-state index in [0.717, 1.165) is 19.3 Å². The Hall–Kier alpha value is -0.350. The molecule has 1 nitrogen and oxygen atoms in total. The van der Waals surface area contributed by atoms with Gasteiger partial charge in [0.1, 0.15) is 23.0 Å². The molecular weight excluding hydrogens is 323 g/mol. The van der Waals surface area contributed by atoms with E-state index < -0.39 is 0 Å². The molecule has 2 atom stereocenters. The Bertz CT molecular complexity index is 321. The fraction of sp³-hybridized carbons (Fsp3) is 0.467. The maximum absolute atomic E-state index is 5.60. The number of halogens is 1. The first-order chi connectivity index (χ1) is 8.31. The van der Waals surface area contributed by atoms with Crippen LogP contribution >= 0.6 is 23.0 Å². The van der Waals surface area contributed by atoms with E-state index in [1.165, 1.54) is 5.56 Å². The van der Waals surface area contributed by atoms with Gasteiger partial charge in [0.2, 0.25) is 0 Å². The molecule has 0 heterocycles. The van der Waals surface area contributed by atoms with Gasteiger partial charge in [-0.2, -0.15) is 0 Å². The first-order valence-electron chi connectivity index (χ1n) is 6.26. The topological polar surface area (TPSA) is 9.23 Å². The van der Waals surface area contributed by atoms with Crippen molar-refractivity contribution in [1.82, 2.24) is 0 Å². The SMILES string of the molecule is C/C=C/C(CC)C(CCc1ccccc1)OI. The Morgan fingerprint density at radius 1 is 1.29 bits per heavy atom. The average molecular weight is 344 g/mol. The van der Waals surface area contributed by atoms with Gasteiger partial charge in [-0.15, -0.1) is 0 Å². The Balaban J connectivity index is 2.52. The lowest BCUT2D eigenvalue weighted by Crippen LogP contribution is -2.19. The number of hydrogen-bond donors (Lipinski definition) is 0. The standard InChI is InChI=1S/C15H21IO/c1-3-8-14(4-2)15(17-16)12-11-13-9-6-5-7-10-13/h3,5-10,14-15H,4,11-12H2,1-2H3/b8-3+. The summed E-state index contributed by atoms with van der Waals surface area (Å²) in [6.45, 7) is 4.29. The summed E-state index contributed by atoms with van der Waals surface area (Å²) in [5.74, 6) is 0.528. The molecule has 1 aromatic rings. The monoisotopic (exact) mass is 344 g/mol. The van der Waals surface area contributed by atoms with Crippen molar-refractivity contribution in [3.05, 3.63) is 48.0 Å². The van der Waals surface area contributed by atoms with E-state index in [1.54, 1.807) is 0 Å². The van der Waals surface area contributed by atoms with E-state index in [4.69, 9.17) is 3.07 Å². The molecular formula is C15H21IO. The summed E-state index contributed by atoms with van der Waals surface area (Å²) in [5, 5.41) is 0. The maximum atomic E-state index is 5.60. The van der Waals surface area contributed by atoms with Crippen LogP contribution in [0.15, 0.2) is 42.5 Å². The second-order valence-electron chi connectivity index (χ2n) is 4.25. The van der Waals surface area contributed by atoms with Gasteiger partial charge in [-0.25, -0.2) is 0 Å². The minimum atomic E-state index is 0.317. The smallest absolute Gasteiger partial charge is 0.110 e. The van der Waals surface area contributed by atoms with Crippen LogP contribution in [-0.4, -0.2) is 6.10 Å². The van der Waals surface area contributed by atoms with E-state index in [1.807, 2.05) is 23.0 Å². The first kappa shape index (κ1) is 14.7. The molecule has 17 heavy (non-hydrogen) atoms. The maximum Gasteiger partial charge on any atom is 0.110 e. The van der Waals surface area contributed by atoms with Crippen LogP contribution in [0.1, 0.15) is 32.3 Å². The fourth-order valence-electron chi connectivity index (χ4n) is 2.05. The molecule has 0 saturated heterocycles. The van der Waals surface area contributed by atoms with Crippen LogP contribution in [0, 0.1) is 5.92 Å². The minimum absolute atomic E-state index is 0.317. The summed E-state index contributed by atoms with van der Waals surface area (Å²) >= 11 is 2.04. The van der Waals surface area contributed by atoms with Crippen molar-refractivity contribution in [1.29, 1.82) is 0 Å². The van der Waals surface area contributed by atoms with E-state index in [0.29, 0.717) is 12.0 Å². The van der Waals surface area contributed by atoms with Crippen LogP contribution in [0.25, 0.3) is 0 Å². The van der Waals surface area contributed by atoms with Gasteiger partial charge in [0.05, 0.1) is 6.10 Å². The van der Waals surface area contributed by atoms with Gasteiger partial charge >= 0.3 is 0 Å². The van der Waals surface area contributed by atoms with E-state index in [9.17, 15) is 0 Å². The second kappa shape index (κ2) is 8.70. The molecule has 0 fully saturated rings. The third kappa shape index (κ3) is 5.21. The van der Waals surface area contributed by atoms with Crippen molar-refractivity contribution in [2.75, 3.05) is 0 Å². The third-order valence-electron chi connectivity index (χ3n) is 3.06. The van der Waals surface area contributed by atoms with Crippen molar-refractivity contribution >= 4 is 23.0 Å². The predicted molar refractivity (Wildman–Crippen MR) is 82.3 cm³/mol. The number of rotatable bonds is 7. The van der Waals surface area contributed by atoms with Crippen molar-refractivity contribution < 1.29 is 3.07 Å². The van der Waals surface area contributed by atoms with Gasteiger partial charge in [-0.3, -0.25) is 0 Å². The highest BCUT2D eigenvalue weighted by Crippen LogP contribution is 2.21. The minimum Gasteiger partial charge on any atom is -0.312 e. The largest absolute Gasteiger partial charge is 0.312 e. The van der Waals surface area contributed by atoms with Gasteiger partial charge in [-0.1, -0.05) is 49.4 Å². The van der Waals surface area contributed by atoms with Crippen LogP contribution in [0.2, 0.25) is 0 Å². The summed E-state index contributed by atoms with van der Waals surface area (Å²) in [4.78, 5) is 0. The molecule has 0 bridgehead atoms. The first-order valence-corrected chi connectivity index (χ1v) is 7.14. The van der Waals surface area contributed by atoms with Crippen LogP contribution in [0.5, 0.6) is 0 Å². The molecule has 0 saturated carbocycles. The Morgan fingerprint density at radius 3 is 2.53 bits per heavy atom. The van der Waals surface area contributed by atoms with Crippen LogP contribution in [-0.2, 0) is 9.49 Å². The molecule has 0 aliphatic carbocycles. The lowest BCUT2D eigenvalue weighted by molar-refractivity contribution is 0.205. The molecule has 94 valence electrons. The molecule has 0 radical (unpaired) electrons. The van der Waals surface area contributed by atoms with E-state index >= 15 is 0 Å². The van der Waals surface area contributed by atoms with Crippen LogP contribution < -0.4 is 0 Å². The summed E-state index contributed by atoms with van der Waals surface area (Å²) in [5.41, 5.74) is 1.39. The van der Waals surface area contributed by atoms with Gasteiger partial charge in [-0.05, 0) is 31.7 Å². The van der Waals surface area contributed by atoms with Crippen LogP contribution in [0.3, 0.4) is 0 Å². The summed E-state index contributed by atoms with van der Waals surface area (Å²) in [6.07, 6.45) is 8.00. The number of hydrogen-bond acceptors (Lipinski definition) is 1. The number of aryl methyl sites for hydroxylation is 1. The fourth-order valence-corrected chi connectivity index (χ4v) is 2.68. The third-order valence-corrected chi connectivity index (χ3v) is 3.72. The van der Waals surface area contributed by atoms with Crippen molar-refractivity contribution in [3.8, 4) is 0 Å². The average Bonchev–Trinajstić information content (AvgIpc) is 2.39. The zero-order valence-electron chi connectivity index (χ0n) is 10.6. The van der Waals surface area contributed by atoms with Gasteiger partial charge in [0.15, 0.2) is 0 Å². The normalized spacial score (nSPS) is 15.0. The summed E-state index contributed by atoms with van der Waals surface area (Å²) < 4.78 is 5.60. The molecule has 0 N–H and O–H groups in total. The summed E-state index contributed by atoms with van der Waals surface area (Å²) in [6, 6.07) is 10.6. The van der Waals surface area contributed by atoms with E-state index in [2.05, 4.69) is 56.3 Å². The van der Waals surface area contributed by atoms with Crippen molar-refractivity contribution in [2.24, 2.45) is 5.92 Å². The number of benzene rings is 1. The van der Waals surface area contributed by atoms with E-state index in [-0.39, 0.29) is 0 Å². The lowest BCUT2D eigenvalue weighted by atomic mass is 9.94. The molecule has 0 amide bonds. The Labute approximate surface area is 119 Å². The van der Waals surface area contributed by atoms with Gasteiger partial charge in [0.25, 0.3) is 0 Å². The summed E-state index contributed by atoms with van der Waals surface area (Å²) in [7, 11) is 0. The highest BCUT2D eigenvalue weighted by atomic mass is 127. The zero-order chi connectivity index (χ0) is 12.5. The molecule has 0 aromatic heterocycles. The highest BCUT2D eigenvalue weighted by molar-refractivity contribution is 14.1. The van der Waals surface area contributed by atoms with Crippen molar-refractivity contribution in [3.63, 3.8) is 0 Å². The molecule has 1 rings (SSSR count). The molecule has 1 aromatic carbocycles. The number of allylic oxidation sites excluding steroid dienone is 1. The second-order valence-corrected chi connectivity index (χ2v) is 4.76. The van der Waals surface area contributed by atoms with Crippen LogP contribution in [0.4, 0.5) is 0 Å². The highest BCUT2D eigenvalue weighted by Gasteiger charge is 2.17. The lowest BCUT2D eigenvalue weighted by Gasteiger charge is -2.21. The predicted octanol–water partition coefficient (Wildman–Crippen LogP) is 4.96. The Kier molecular flexibility index (Phi) is 7.53. The molecule has 0 aliphatic heterocycles. The molecule has 0 aliphatic rings.